The molecule has 0 amide bonds. The van der Waals surface area contributed by atoms with Gasteiger partial charge in [0.2, 0.25) is 0 Å². The molecule has 2 rings (SSSR count). The van der Waals surface area contributed by atoms with Gasteiger partial charge >= 0.3 is 0 Å². The first-order valence-corrected chi connectivity index (χ1v) is 5.82. The minimum atomic E-state index is -0.0515. The number of aliphatic hydroxyl groups excluding tert-OH is 1. The molecular weight excluding hydrogens is 228 g/mol. The number of aliphatic hydroxyl groups is 1. The first-order chi connectivity index (χ1) is 8.81. The Kier molecular flexibility index (Phi) is 4.20. The van der Waals surface area contributed by atoms with Crippen molar-refractivity contribution in [3.63, 3.8) is 0 Å². The molecule has 0 fully saturated rings. The molecule has 5 heteroatoms. The summed E-state index contributed by atoms with van der Waals surface area (Å²) in [5, 5.41) is 9.23. The van der Waals surface area contributed by atoms with Crippen LogP contribution in [0.3, 0.4) is 0 Å². The summed E-state index contributed by atoms with van der Waals surface area (Å²) in [6, 6.07) is 5.88. The molecule has 2 aromatic heterocycles. The van der Waals surface area contributed by atoms with E-state index in [-0.39, 0.29) is 6.61 Å². The van der Waals surface area contributed by atoms with Gasteiger partial charge in [-0.15, -0.1) is 0 Å². The Hall–Kier alpha value is -2.01. The summed E-state index contributed by atoms with van der Waals surface area (Å²) in [4.78, 5) is 14.4. The average Bonchev–Trinajstić information content (AvgIpc) is 2.45. The topological polar surface area (TPSA) is 62.1 Å². The van der Waals surface area contributed by atoms with Crippen LogP contribution in [0.5, 0.6) is 0 Å². The van der Waals surface area contributed by atoms with Gasteiger partial charge in [0, 0.05) is 43.7 Å². The Balaban J connectivity index is 2.01. The fraction of sp³-hybridized carbons (Fsp3) is 0.308. The summed E-state index contributed by atoms with van der Waals surface area (Å²) in [7, 11) is 1.95. The Morgan fingerprint density at radius 2 is 2.17 bits per heavy atom. The van der Waals surface area contributed by atoms with Crippen LogP contribution in [-0.4, -0.2) is 33.7 Å². The highest BCUT2D eigenvalue weighted by atomic mass is 16.3. The predicted molar refractivity (Wildman–Crippen MR) is 69.2 cm³/mol. The zero-order chi connectivity index (χ0) is 12.8. The molecule has 94 valence electrons. The molecule has 0 saturated carbocycles. The number of hydrogen-bond donors (Lipinski definition) is 1. The zero-order valence-electron chi connectivity index (χ0n) is 10.3. The maximum Gasteiger partial charge on any atom is 0.137 e. The van der Waals surface area contributed by atoms with E-state index in [0.717, 1.165) is 30.0 Å². The van der Waals surface area contributed by atoms with Crippen LogP contribution in [0.1, 0.15) is 11.3 Å². The molecule has 0 saturated heterocycles. The van der Waals surface area contributed by atoms with Crippen LogP contribution in [-0.2, 0) is 13.0 Å². The third-order valence-corrected chi connectivity index (χ3v) is 2.73. The van der Waals surface area contributed by atoms with Crippen molar-refractivity contribution >= 4 is 5.82 Å². The van der Waals surface area contributed by atoms with Crippen molar-refractivity contribution in [3.8, 4) is 0 Å². The maximum atomic E-state index is 9.23. The van der Waals surface area contributed by atoms with Gasteiger partial charge in [-0.25, -0.2) is 9.97 Å². The third-order valence-electron chi connectivity index (χ3n) is 2.73. The van der Waals surface area contributed by atoms with Gasteiger partial charge in [-0.2, -0.15) is 0 Å². The molecule has 0 spiro atoms. The van der Waals surface area contributed by atoms with Crippen LogP contribution in [0, 0.1) is 0 Å². The highest BCUT2D eigenvalue weighted by Crippen LogP contribution is 2.14. The number of hydrogen-bond acceptors (Lipinski definition) is 5. The number of pyridine rings is 1. The summed E-state index contributed by atoms with van der Waals surface area (Å²) in [6.45, 7) is 0.741. The molecule has 5 nitrogen and oxygen atoms in total. The van der Waals surface area contributed by atoms with Gasteiger partial charge in [0.1, 0.15) is 12.1 Å². The van der Waals surface area contributed by atoms with E-state index >= 15 is 0 Å². The Morgan fingerprint density at radius 1 is 1.28 bits per heavy atom. The van der Waals surface area contributed by atoms with E-state index in [1.165, 1.54) is 6.33 Å². The van der Waals surface area contributed by atoms with E-state index in [2.05, 4.69) is 15.0 Å². The summed E-state index contributed by atoms with van der Waals surface area (Å²) in [5.74, 6) is 0.767. The van der Waals surface area contributed by atoms with Crippen molar-refractivity contribution in [2.75, 3.05) is 18.5 Å². The summed E-state index contributed by atoms with van der Waals surface area (Å²) in [5.41, 5.74) is 1.78. The highest BCUT2D eigenvalue weighted by molar-refractivity contribution is 5.44. The monoisotopic (exact) mass is 244 g/mol. The molecule has 18 heavy (non-hydrogen) atoms. The van der Waals surface area contributed by atoms with E-state index in [4.69, 9.17) is 0 Å². The van der Waals surface area contributed by atoms with Crippen LogP contribution >= 0.6 is 0 Å². The molecule has 0 atom stereocenters. The molecule has 0 aromatic carbocycles. The van der Waals surface area contributed by atoms with E-state index in [0.29, 0.717) is 0 Å². The summed E-state index contributed by atoms with van der Waals surface area (Å²) >= 11 is 0. The predicted octanol–water partition coefficient (Wildman–Crippen LogP) is 1.04. The second-order valence-corrected chi connectivity index (χ2v) is 4.02. The fourth-order valence-corrected chi connectivity index (χ4v) is 1.74. The third kappa shape index (κ3) is 3.01. The molecule has 0 unspecified atom stereocenters. The minimum absolute atomic E-state index is 0.0515. The number of rotatable bonds is 5. The Morgan fingerprint density at radius 3 is 2.89 bits per heavy atom. The lowest BCUT2D eigenvalue weighted by Gasteiger charge is -2.19. The van der Waals surface area contributed by atoms with Crippen LogP contribution < -0.4 is 4.90 Å². The minimum Gasteiger partial charge on any atom is -0.391 e. The summed E-state index contributed by atoms with van der Waals surface area (Å²) in [6.07, 6.45) is 5.76. The molecule has 0 aliphatic carbocycles. The average molecular weight is 244 g/mol. The lowest BCUT2D eigenvalue weighted by molar-refractivity contribution is 0.281. The highest BCUT2D eigenvalue weighted by Gasteiger charge is 2.08. The van der Waals surface area contributed by atoms with Crippen molar-refractivity contribution < 1.29 is 5.11 Å². The lowest BCUT2D eigenvalue weighted by atomic mass is 10.2. The van der Waals surface area contributed by atoms with Crippen molar-refractivity contribution in [3.05, 3.63) is 48.2 Å². The first-order valence-electron chi connectivity index (χ1n) is 5.82. The molecule has 0 aliphatic heterocycles. The quantitative estimate of drug-likeness (QED) is 0.851. The smallest absolute Gasteiger partial charge is 0.137 e. The molecule has 0 radical (unpaired) electrons. The van der Waals surface area contributed by atoms with Crippen molar-refractivity contribution in [1.82, 2.24) is 15.0 Å². The van der Waals surface area contributed by atoms with Crippen molar-refractivity contribution in [2.24, 2.45) is 0 Å². The molecule has 0 bridgehead atoms. The van der Waals surface area contributed by atoms with Crippen molar-refractivity contribution in [2.45, 2.75) is 13.0 Å². The van der Waals surface area contributed by atoms with Gasteiger partial charge in [0.05, 0.1) is 6.61 Å². The van der Waals surface area contributed by atoms with Crippen LogP contribution in [0.4, 0.5) is 5.82 Å². The van der Waals surface area contributed by atoms with Gasteiger partial charge in [-0.1, -0.05) is 6.07 Å². The zero-order valence-corrected chi connectivity index (χ0v) is 10.3. The molecule has 1 N–H and O–H groups in total. The molecular formula is C13H16N4O. The van der Waals surface area contributed by atoms with Crippen LogP contribution in [0.2, 0.25) is 0 Å². The second kappa shape index (κ2) is 6.07. The van der Waals surface area contributed by atoms with E-state index < -0.39 is 0 Å². The Labute approximate surface area is 106 Å². The first kappa shape index (κ1) is 12.4. The number of likely N-dealkylation sites (N-methyl/N-ethyl adjacent to an activating group) is 1. The maximum absolute atomic E-state index is 9.23. The van der Waals surface area contributed by atoms with Gasteiger partial charge in [0.15, 0.2) is 0 Å². The van der Waals surface area contributed by atoms with Gasteiger partial charge in [-0.05, 0) is 12.1 Å². The van der Waals surface area contributed by atoms with Gasteiger partial charge < -0.3 is 10.0 Å². The SMILES string of the molecule is CN(CCc1ccccn1)c1ncncc1CO. The second-order valence-electron chi connectivity index (χ2n) is 4.02. The molecule has 2 heterocycles. The molecule has 2 aromatic rings. The normalized spacial score (nSPS) is 10.3. The van der Waals surface area contributed by atoms with E-state index in [9.17, 15) is 5.11 Å². The fourth-order valence-electron chi connectivity index (χ4n) is 1.74. The largest absolute Gasteiger partial charge is 0.391 e. The lowest BCUT2D eigenvalue weighted by Crippen LogP contribution is -2.23. The standard InChI is InChI=1S/C13H16N4O/c1-17(7-5-12-4-2-3-6-15-12)13-11(9-18)8-14-10-16-13/h2-4,6,8,10,18H,5,7,9H2,1H3. The number of anilines is 1. The van der Waals surface area contributed by atoms with Crippen LogP contribution in [0.15, 0.2) is 36.9 Å². The van der Waals surface area contributed by atoms with Crippen molar-refractivity contribution in [1.29, 1.82) is 0 Å². The van der Waals surface area contributed by atoms with Gasteiger partial charge in [0.25, 0.3) is 0 Å². The van der Waals surface area contributed by atoms with E-state index in [1.54, 1.807) is 12.4 Å². The Bertz CT molecular complexity index is 489. The van der Waals surface area contributed by atoms with E-state index in [1.807, 2.05) is 30.1 Å². The number of aromatic nitrogens is 3. The molecule has 0 aliphatic rings. The number of nitrogens with zero attached hydrogens (tertiary/aromatic N) is 4. The van der Waals surface area contributed by atoms with Gasteiger partial charge in [-0.3, -0.25) is 4.98 Å². The summed E-state index contributed by atoms with van der Waals surface area (Å²) < 4.78 is 0. The van der Waals surface area contributed by atoms with Crippen LogP contribution in [0.25, 0.3) is 0 Å².